The molecule has 0 unspecified atom stereocenters. The summed E-state index contributed by atoms with van der Waals surface area (Å²) < 4.78 is 5.64. The van der Waals surface area contributed by atoms with E-state index in [0.717, 1.165) is 11.1 Å². The molecule has 5 heteroatoms. The normalized spacial score (nSPS) is 11.8. The van der Waals surface area contributed by atoms with E-state index in [1.165, 1.54) is 0 Å². The fraction of sp³-hybridized carbons (Fsp3) is 0.391. The zero-order valence-electron chi connectivity index (χ0n) is 17.1. The minimum absolute atomic E-state index is 0.0124. The van der Waals surface area contributed by atoms with Crippen molar-refractivity contribution in [3.05, 3.63) is 65.7 Å². The average molecular weight is 383 g/mol. The van der Waals surface area contributed by atoms with Crippen molar-refractivity contribution < 1.29 is 14.3 Å². The lowest BCUT2D eigenvalue weighted by Gasteiger charge is -2.31. The highest BCUT2D eigenvalue weighted by atomic mass is 16.5. The molecule has 0 aliphatic heterocycles. The molecule has 150 valence electrons. The van der Waals surface area contributed by atoms with Crippen LogP contribution in [0.3, 0.4) is 0 Å². The first-order valence-corrected chi connectivity index (χ1v) is 9.74. The number of nitrogens with one attached hydrogen (secondary N) is 1. The van der Waals surface area contributed by atoms with Gasteiger partial charge in [-0.15, -0.1) is 0 Å². The quantitative estimate of drug-likeness (QED) is 0.719. The van der Waals surface area contributed by atoms with E-state index in [9.17, 15) is 9.59 Å². The molecule has 0 fully saturated rings. The SMILES string of the molecule is CC[C@H](C(=O)NC(C)C)N(Cc1ccc(C)cc1)C(=O)COc1ccccc1. The molecule has 0 spiro atoms. The number of ether oxygens (including phenoxy) is 1. The van der Waals surface area contributed by atoms with E-state index in [1.807, 2.05) is 70.2 Å². The predicted molar refractivity (Wildman–Crippen MR) is 111 cm³/mol. The number of hydrogen-bond donors (Lipinski definition) is 1. The second kappa shape index (κ2) is 10.5. The summed E-state index contributed by atoms with van der Waals surface area (Å²) in [5, 5.41) is 2.92. The van der Waals surface area contributed by atoms with Gasteiger partial charge in [-0.05, 0) is 44.9 Å². The van der Waals surface area contributed by atoms with E-state index in [4.69, 9.17) is 4.74 Å². The third-order valence-electron chi connectivity index (χ3n) is 4.40. The first kappa shape index (κ1) is 21.5. The smallest absolute Gasteiger partial charge is 0.261 e. The Bertz CT molecular complexity index is 757. The second-order valence-electron chi connectivity index (χ2n) is 7.20. The van der Waals surface area contributed by atoms with Crippen LogP contribution < -0.4 is 10.1 Å². The molecule has 2 aromatic rings. The van der Waals surface area contributed by atoms with Crippen LogP contribution in [0, 0.1) is 6.92 Å². The fourth-order valence-corrected chi connectivity index (χ4v) is 2.94. The standard InChI is InChI=1S/C23H30N2O3/c1-5-21(23(27)24-17(2)3)25(15-19-13-11-18(4)12-14-19)22(26)16-28-20-9-7-6-8-10-20/h6-14,17,21H,5,15-16H2,1-4H3,(H,24,27)/t21-/m1/s1. The molecular formula is C23H30N2O3. The van der Waals surface area contributed by atoms with Gasteiger partial charge in [0.15, 0.2) is 6.61 Å². The predicted octanol–water partition coefficient (Wildman–Crippen LogP) is 3.71. The van der Waals surface area contributed by atoms with Gasteiger partial charge >= 0.3 is 0 Å². The van der Waals surface area contributed by atoms with Gasteiger partial charge in [-0.1, -0.05) is 55.0 Å². The topological polar surface area (TPSA) is 58.6 Å². The molecule has 0 saturated carbocycles. The van der Waals surface area contributed by atoms with E-state index in [1.54, 1.807) is 17.0 Å². The molecule has 0 bridgehead atoms. The Hall–Kier alpha value is -2.82. The highest BCUT2D eigenvalue weighted by Crippen LogP contribution is 2.15. The number of benzene rings is 2. The van der Waals surface area contributed by atoms with Crippen molar-refractivity contribution in [3.63, 3.8) is 0 Å². The average Bonchev–Trinajstić information content (AvgIpc) is 2.67. The molecule has 2 aromatic carbocycles. The Balaban J connectivity index is 2.18. The van der Waals surface area contributed by atoms with Crippen molar-refractivity contribution in [2.24, 2.45) is 0 Å². The van der Waals surface area contributed by atoms with Crippen LogP contribution in [0.5, 0.6) is 5.75 Å². The molecule has 1 N–H and O–H groups in total. The molecule has 5 nitrogen and oxygen atoms in total. The van der Waals surface area contributed by atoms with Crippen LogP contribution in [-0.2, 0) is 16.1 Å². The van der Waals surface area contributed by atoms with Crippen LogP contribution >= 0.6 is 0 Å². The van der Waals surface area contributed by atoms with Crippen LogP contribution in [0.25, 0.3) is 0 Å². The minimum Gasteiger partial charge on any atom is -0.484 e. The van der Waals surface area contributed by atoms with Gasteiger partial charge in [0.25, 0.3) is 5.91 Å². The van der Waals surface area contributed by atoms with Gasteiger partial charge in [-0.2, -0.15) is 0 Å². The van der Waals surface area contributed by atoms with Gasteiger partial charge < -0.3 is 15.0 Å². The molecule has 2 rings (SSSR count). The zero-order chi connectivity index (χ0) is 20.5. The Morgan fingerprint density at radius 1 is 1.04 bits per heavy atom. The Morgan fingerprint density at radius 3 is 2.25 bits per heavy atom. The summed E-state index contributed by atoms with van der Waals surface area (Å²) in [5.41, 5.74) is 2.13. The molecule has 0 aliphatic rings. The fourth-order valence-electron chi connectivity index (χ4n) is 2.94. The number of amides is 2. The maximum atomic E-state index is 13.0. The van der Waals surface area contributed by atoms with Crippen LogP contribution in [0.1, 0.15) is 38.3 Å². The summed E-state index contributed by atoms with van der Waals surface area (Å²) in [6.45, 7) is 8.01. The third-order valence-corrected chi connectivity index (χ3v) is 4.40. The third kappa shape index (κ3) is 6.41. The lowest BCUT2D eigenvalue weighted by atomic mass is 10.1. The molecule has 0 saturated heterocycles. The summed E-state index contributed by atoms with van der Waals surface area (Å²) in [6.07, 6.45) is 0.529. The lowest BCUT2D eigenvalue weighted by Crippen LogP contribution is -2.51. The van der Waals surface area contributed by atoms with Gasteiger partial charge in [0.2, 0.25) is 5.91 Å². The summed E-state index contributed by atoms with van der Waals surface area (Å²) in [5.74, 6) is 0.277. The highest BCUT2D eigenvalue weighted by Gasteiger charge is 2.29. The van der Waals surface area contributed by atoms with Crippen LogP contribution in [0.4, 0.5) is 0 Å². The van der Waals surface area contributed by atoms with Crippen molar-refractivity contribution in [2.45, 2.75) is 52.7 Å². The van der Waals surface area contributed by atoms with Crippen LogP contribution in [0.2, 0.25) is 0 Å². The van der Waals surface area contributed by atoms with Gasteiger partial charge in [-0.3, -0.25) is 9.59 Å². The highest BCUT2D eigenvalue weighted by molar-refractivity contribution is 5.88. The van der Waals surface area contributed by atoms with Gasteiger partial charge in [0.05, 0.1) is 0 Å². The first-order chi connectivity index (χ1) is 13.4. The van der Waals surface area contributed by atoms with Crippen molar-refractivity contribution in [2.75, 3.05) is 6.61 Å². The van der Waals surface area contributed by atoms with Crippen LogP contribution in [-0.4, -0.2) is 35.4 Å². The zero-order valence-corrected chi connectivity index (χ0v) is 17.1. The summed E-state index contributed by atoms with van der Waals surface area (Å²) in [7, 11) is 0. The molecular weight excluding hydrogens is 352 g/mol. The monoisotopic (exact) mass is 382 g/mol. The molecule has 1 atom stereocenters. The molecule has 0 aliphatic carbocycles. The van der Waals surface area contributed by atoms with Crippen molar-refractivity contribution in [1.82, 2.24) is 10.2 Å². The van der Waals surface area contributed by atoms with Crippen LogP contribution in [0.15, 0.2) is 54.6 Å². The van der Waals surface area contributed by atoms with Crippen molar-refractivity contribution >= 4 is 11.8 Å². The Labute approximate surface area is 167 Å². The van der Waals surface area contributed by atoms with Crippen molar-refractivity contribution in [3.8, 4) is 5.75 Å². The second-order valence-corrected chi connectivity index (χ2v) is 7.20. The molecule has 0 heterocycles. The Kier molecular flexibility index (Phi) is 8.05. The van der Waals surface area contributed by atoms with Gasteiger partial charge in [0, 0.05) is 12.6 Å². The Morgan fingerprint density at radius 2 is 1.68 bits per heavy atom. The minimum atomic E-state index is -0.546. The van der Waals surface area contributed by atoms with Gasteiger partial charge in [-0.25, -0.2) is 0 Å². The van der Waals surface area contributed by atoms with E-state index in [-0.39, 0.29) is 24.5 Å². The number of rotatable bonds is 9. The van der Waals surface area contributed by atoms with E-state index < -0.39 is 6.04 Å². The number of nitrogens with zero attached hydrogens (tertiary/aromatic N) is 1. The summed E-state index contributed by atoms with van der Waals surface area (Å²) >= 11 is 0. The number of hydrogen-bond acceptors (Lipinski definition) is 3. The van der Waals surface area contributed by atoms with E-state index in [2.05, 4.69) is 5.32 Å². The molecule has 0 radical (unpaired) electrons. The number of para-hydroxylation sites is 1. The maximum Gasteiger partial charge on any atom is 0.261 e. The number of carbonyl (C=O) groups is 2. The number of carbonyl (C=O) groups excluding carboxylic acids is 2. The lowest BCUT2D eigenvalue weighted by molar-refractivity contribution is -0.143. The molecule has 28 heavy (non-hydrogen) atoms. The maximum absolute atomic E-state index is 13.0. The van der Waals surface area contributed by atoms with E-state index >= 15 is 0 Å². The number of aryl methyl sites for hydroxylation is 1. The first-order valence-electron chi connectivity index (χ1n) is 9.74. The summed E-state index contributed by atoms with van der Waals surface area (Å²) in [4.78, 5) is 27.3. The van der Waals surface area contributed by atoms with E-state index in [0.29, 0.717) is 18.7 Å². The summed E-state index contributed by atoms with van der Waals surface area (Å²) in [6, 6.07) is 16.7. The molecule has 2 amide bonds. The largest absolute Gasteiger partial charge is 0.484 e. The molecule has 0 aromatic heterocycles. The van der Waals surface area contributed by atoms with Crippen molar-refractivity contribution in [1.29, 1.82) is 0 Å². The van der Waals surface area contributed by atoms with Gasteiger partial charge in [0.1, 0.15) is 11.8 Å².